The summed E-state index contributed by atoms with van der Waals surface area (Å²) in [7, 11) is 1.63. The van der Waals surface area contributed by atoms with Crippen molar-refractivity contribution in [3.63, 3.8) is 0 Å². The largest absolute Gasteiger partial charge is 0.497 e. The van der Waals surface area contributed by atoms with E-state index < -0.39 is 0 Å². The predicted octanol–water partition coefficient (Wildman–Crippen LogP) is 3.57. The summed E-state index contributed by atoms with van der Waals surface area (Å²) in [5.74, 6) is 2.34. The molecule has 2 N–H and O–H groups in total. The minimum Gasteiger partial charge on any atom is -0.497 e. The zero-order valence-corrected chi connectivity index (χ0v) is 14.4. The molecule has 2 fully saturated rings. The van der Waals surface area contributed by atoms with Gasteiger partial charge in [0.15, 0.2) is 0 Å². The normalized spacial score (nSPS) is 25.0. The molecule has 0 spiro atoms. The molecule has 2 atom stereocenters. The Bertz CT molecular complexity index is 600. The van der Waals surface area contributed by atoms with Crippen LogP contribution in [0.3, 0.4) is 0 Å². The number of anilines is 1. The molecule has 2 saturated carbocycles. The number of carbonyl (C=O) groups is 1. The molecule has 0 radical (unpaired) electrons. The second-order valence-electron chi connectivity index (χ2n) is 6.85. The van der Waals surface area contributed by atoms with Crippen molar-refractivity contribution >= 4 is 17.3 Å². The van der Waals surface area contributed by atoms with Crippen molar-refractivity contribution in [3.05, 3.63) is 24.3 Å². The molecule has 3 rings (SSSR count). The smallest absolute Gasteiger partial charge is 0.259 e. The number of nitrogens with one attached hydrogen (secondary N) is 2. The molecular weight excluding hydrogens is 302 g/mol. The van der Waals surface area contributed by atoms with E-state index in [4.69, 9.17) is 4.74 Å². The maximum absolute atomic E-state index is 12.0. The summed E-state index contributed by atoms with van der Waals surface area (Å²) in [5, 5.41) is 7.46. The molecule has 0 saturated heterocycles. The van der Waals surface area contributed by atoms with Crippen LogP contribution in [0.2, 0.25) is 0 Å². The summed E-state index contributed by atoms with van der Waals surface area (Å²) in [5.41, 5.74) is 4.72. The Morgan fingerprint density at radius 1 is 1.25 bits per heavy atom. The summed E-state index contributed by atoms with van der Waals surface area (Å²) in [4.78, 5) is 12.0. The fourth-order valence-corrected chi connectivity index (χ4v) is 3.89. The lowest BCUT2D eigenvalue weighted by Crippen LogP contribution is -2.31. The number of hydrazone groups is 1. The van der Waals surface area contributed by atoms with E-state index in [0.717, 1.165) is 41.8 Å². The number of benzene rings is 1. The minimum atomic E-state index is -0.115. The van der Waals surface area contributed by atoms with Gasteiger partial charge in [-0.1, -0.05) is 25.3 Å². The quantitative estimate of drug-likeness (QED) is 0.812. The molecule has 1 aromatic rings. The molecule has 2 aliphatic carbocycles. The number of ether oxygens (including phenoxy) is 1. The van der Waals surface area contributed by atoms with Crippen molar-refractivity contribution in [3.8, 4) is 5.75 Å². The van der Waals surface area contributed by atoms with E-state index in [2.05, 4.69) is 15.8 Å². The van der Waals surface area contributed by atoms with Gasteiger partial charge in [0.2, 0.25) is 0 Å². The van der Waals surface area contributed by atoms with Crippen molar-refractivity contribution in [2.24, 2.45) is 16.9 Å². The van der Waals surface area contributed by atoms with E-state index in [1.165, 1.54) is 32.1 Å². The number of hydrogen-bond donors (Lipinski definition) is 2. The maximum Gasteiger partial charge on any atom is 0.259 e. The van der Waals surface area contributed by atoms with Gasteiger partial charge in [0, 0.05) is 17.5 Å². The summed E-state index contributed by atoms with van der Waals surface area (Å²) >= 11 is 0. The number of hydrogen-bond acceptors (Lipinski definition) is 4. The topological polar surface area (TPSA) is 62.7 Å². The number of methoxy groups -OCH3 is 1. The molecule has 0 heterocycles. The lowest BCUT2D eigenvalue weighted by molar-refractivity contribution is -0.119. The van der Waals surface area contributed by atoms with Crippen LogP contribution in [0.4, 0.5) is 5.69 Å². The van der Waals surface area contributed by atoms with Gasteiger partial charge in [-0.2, -0.15) is 5.10 Å². The van der Waals surface area contributed by atoms with E-state index in [1.54, 1.807) is 7.11 Å². The SMILES string of the molecule is COc1cccc(NCC(=O)N/N=C2/CC[C@H]3CCCC[C@@H]3C2)c1. The Kier molecular flexibility index (Phi) is 5.72. The van der Waals surface area contributed by atoms with Crippen LogP contribution < -0.4 is 15.5 Å². The molecule has 130 valence electrons. The first-order chi connectivity index (χ1) is 11.7. The Morgan fingerprint density at radius 2 is 2.08 bits per heavy atom. The minimum absolute atomic E-state index is 0.115. The molecule has 2 aliphatic rings. The Morgan fingerprint density at radius 3 is 2.92 bits per heavy atom. The van der Waals surface area contributed by atoms with E-state index in [1.807, 2.05) is 24.3 Å². The Labute approximate surface area is 143 Å². The highest BCUT2D eigenvalue weighted by Crippen LogP contribution is 2.39. The molecule has 1 aromatic carbocycles. The molecular formula is C19H27N3O2. The van der Waals surface area contributed by atoms with Gasteiger partial charge in [-0.3, -0.25) is 4.79 Å². The first-order valence-corrected chi connectivity index (χ1v) is 8.97. The van der Waals surface area contributed by atoms with Crippen molar-refractivity contribution in [1.82, 2.24) is 5.43 Å². The van der Waals surface area contributed by atoms with Crippen LogP contribution in [-0.2, 0) is 4.79 Å². The van der Waals surface area contributed by atoms with Crippen LogP contribution in [0.15, 0.2) is 29.4 Å². The second kappa shape index (κ2) is 8.18. The van der Waals surface area contributed by atoms with Gasteiger partial charge >= 0.3 is 0 Å². The Balaban J connectivity index is 1.45. The lowest BCUT2D eigenvalue weighted by Gasteiger charge is -2.35. The first-order valence-electron chi connectivity index (χ1n) is 8.97. The van der Waals surface area contributed by atoms with Gasteiger partial charge in [-0.25, -0.2) is 5.43 Å². The number of fused-ring (bicyclic) bond motifs is 1. The van der Waals surface area contributed by atoms with Gasteiger partial charge in [0.25, 0.3) is 5.91 Å². The third-order valence-corrected chi connectivity index (χ3v) is 5.23. The lowest BCUT2D eigenvalue weighted by atomic mass is 9.70. The third kappa shape index (κ3) is 4.49. The average molecular weight is 329 g/mol. The summed E-state index contributed by atoms with van der Waals surface area (Å²) in [6.07, 6.45) is 8.79. The van der Waals surface area contributed by atoms with Crippen molar-refractivity contribution < 1.29 is 9.53 Å². The highest BCUT2D eigenvalue weighted by atomic mass is 16.5. The average Bonchev–Trinajstić information content (AvgIpc) is 2.64. The van der Waals surface area contributed by atoms with E-state index in [0.29, 0.717) is 0 Å². The number of nitrogens with zero attached hydrogens (tertiary/aromatic N) is 1. The summed E-state index contributed by atoms with van der Waals surface area (Å²) in [6, 6.07) is 7.54. The van der Waals surface area contributed by atoms with Crippen LogP contribution in [-0.4, -0.2) is 25.3 Å². The van der Waals surface area contributed by atoms with Crippen LogP contribution in [0, 0.1) is 11.8 Å². The summed E-state index contributed by atoms with van der Waals surface area (Å²) in [6.45, 7) is 0.204. The van der Waals surface area contributed by atoms with E-state index >= 15 is 0 Å². The van der Waals surface area contributed by atoms with Crippen LogP contribution in [0.1, 0.15) is 44.9 Å². The van der Waals surface area contributed by atoms with E-state index in [-0.39, 0.29) is 12.5 Å². The van der Waals surface area contributed by atoms with E-state index in [9.17, 15) is 4.79 Å². The van der Waals surface area contributed by atoms with Gasteiger partial charge in [-0.15, -0.1) is 0 Å². The molecule has 0 unspecified atom stereocenters. The highest BCUT2D eigenvalue weighted by molar-refractivity contribution is 5.88. The van der Waals surface area contributed by atoms with Crippen molar-refractivity contribution in [2.45, 2.75) is 44.9 Å². The molecule has 5 heteroatoms. The molecule has 1 amide bonds. The van der Waals surface area contributed by atoms with Crippen LogP contribution in [0.25, 0.3) is 0 Å². The van der Waals surface area contributed by atoms with Crippen LogP contribution in [0.5, 0.6) is 5.75 Å². The van der Waals surface area contributed by atoms with Gasteiger partial charge in [0.05, 0.1) is 13.7 Å². The third-order valence-electron chi connectivity index (χ3n) is 5.23. The zero-order valence-electron chi connectivity index (χ0n) is 14.4. The molecule has 0 aromatic heterocycles. The fraction of sp³-hybridized carbons (Fsp3) is 0.579. The van der Waals surface area contributed by atoms with Gasteiger partial charge < -0.3 is 10.1 Å². The fourth-order valence-electron chi connectivity index (χ4n) is 3.89. The highest BCUT2D eigenvalue weighted by Gasteiger charge is 2.30. The van der Waals surface area contributed by atoms with Gasteiger partial charge in [-0.05, 0) is 49.7 Å². The zero-order chi connectivity index (χ0) is 16.8. The first kappa shape index (κ1) is 16.8. The number of rotatable bonds is 5. The van der Waals surface area contributed by atoms with Crippen molar-refractivity contribution in [1.29, 1.82) is 0 Å². The van der Waals surface area contributed by atoms with Crippen LogP contribution >= 0.6 is 0 Å². The second-order valence-corrected chi connectivity index (χ2v) is 6.85. The monoisotopic (exact) mass is 329 g/mol. The molecule has 0 bridgehead atoms. The molecule has 24 heavy (non-hydrogen) atoms. The standard InChI is InChI=1S/C19H27N3O2/c1-24-18-8-4-7-16(12-18)20-13-19(23)22-21-17-10-9-14-5-2-3-6-15(14)11-17/h4,7-8,12,14-15,20H,2-3,5-6,9-11,13H2,1H3,(H,22,23)/b21-17-/t14-,15-/m1/s1. The summed E-state index contributed by atoms with van der Waals surface area (Å²) < 4.78 is 5.17. The molecule has 5 nitrogen and oxygen atoms in total. The predicted molar refractivity (Wildman–Crippen MR) is 96.4 cm³/mol. The number of amides is 1. The molecule has 0 aliphatic heterocycles. The number of carbonyl (C=O) groups excluding carboxylic acids is 1. The van der Waals surface area contributed by atoms with Gasteiger partial charge in [0.1, 0.15) is 5.75 Å². The maximum atomic E-state index is 12.0. The van der Waals surface area contributed by atoms with Crippen molar-refractivity contribution in [2.75, 3.05) is 19.0 Å². The Hall–Kier alpha value is -2.04.